The van der Waals surface area contributed by atoms with E-state index in [1.165, 1.54) is 25.6 Å². The van der Waals surface area contributed by atoms with Crippen LogP contribution in [0.3, 0.4) is 0 Å². The van der Waals surface area contributed by atoms with Crippen LogP contribution in [0.4, 0.5) is 0 Å². The fraction of sp³-hybridized carbons (Fsp3) is 0.273. The number of hydrogen-bond acceptors (Lipinski definition) is 5. The third kappa shape index (κ3) is 3.09. The van der Waals surface area contributed by atoms with Gasteiger partial charge in [-0.25, -0.2) is 13.1 Å². The smallest absolute Gasteiger partial charge is 0.240 e. The van der Waals surface area contributed by atoms with Gasteiger partial charge in [-0.2, -0.15) is 0 Å². The molecule has 0 radical (unpaired) electrons. The van der Waals surface area contributed by atoms with E-state index in [1.807, 2.05) is 0 Å². The third-order valence-electron chi connectivity index (χ3n) is 2.60. The Bertz CT molecular complexity index is 649. The Hall–Kier alpha value is -1.93. The molecule has 2 aromatic rings. The Kier molecular flexibility index (Phi) is 3.82. The van der Waals surface area contributed by atoms with Gasteiger partial charge < -0.3 is 9.30 Å². The summed E-state index contributed by atoms with van der Waals surface area (Å²) in [5.74, 6) is 1.14. The molecule has 0 atom stereocenters. The van der Waals surface area contributed by atoms with Gasteiger partial charge in [-0.05, 0) is 24.3 Å². The maximum atomic E-state index is 12.0. The van der Waals surface area contributed by atoms with Crippen molar-refractivity contribution in [1.29, 1.82) is 0 Å². The lowest BCUT2D eigenvalue weighted by molar-refractivity contribution is 0.414. The van der Waals surface area contributed by atoms with Crippen LogP contribution in [0.15, 0.2) is 35.5 Å². The van der Waals surface area contributed by atoms with Crippen LogP contribution in [0.1, 0.15) is 5.82 Å². The molecule has 0 aliphatic carbocycles. The Morgan fingerprint density at radius 1 is 1.32 bits per heavy atom. The van der Waals surface area contributed by atoms with Gasteiger partial charge in [-0.3, -0.25) is 0 Å². The van der Waals surface area contributed by atoms with Crippen molar-refractivity contribution in [1.82, 2.24) is 19.5 Å². The summed E-state index contributed by atoms with van der Waals surface area (Å²) in [6.45, 7) is 0.0882. The van der Waals surface area contributed by atoms with Gasteiger partial charge >= 0.3 is 0 Å². The van der Waals surface area contributed by atoms with Crippen molar-refractivity contribution < 1.29 is 13.2 Å². The summed E-state index contributed by atoms with van der Waals surface area (Å²) < 4.78 is 33.2. The van der Waals surface area contributed by atoms with Crippen LogP contribution in [0.2, 0.25) is 0 Å². The van der Waals surface area contributed by atoms with E-state index in [-0.39, 0.29) is 11.4 Å². The molecule has 7 nitrogen and oxygen atoms in total. The highest BCUT2D eigenvalue weighted by atomic mass is 32.2. The van der Waals surface area contributed by atoms with Crippen LogP contribution in [0.25, 0.3) is 0 Å². The van der Waals surface area contributed by atoms with Gasteiger partial charge in [0.2, 0.25) is 10.0 Å². The van der Waals surface area contributed by atoms with E-state index in [2.05, 4.69) is 14.9 Å². The molecule has 19 heavy (non-hydrogen) atoms. The molecule has 0 amide bonds. The van der Waals surface area contributed by atoms with E-state index in [1.54, 1.807) is 23.7 Å². The minimum Gasteiger partial charge on any atom is -0.497 e. The second-order valence-electron chi connectivity index (χ2n) is 3.86. The third-order valence-corrected chi connectivity index (χ3v) is 4.01. The quantitative estimate of drug-likeness (QED) is 0.852. The van der Waals surface area contributed by atoms with Crippen LogP contribution in [0, 0.1) is 0 Å². The number of nitrogens with zero attached hydrogens (tertiary/aromatic N) is 3. The normalized spacial score (nSPS) is 11.5. The number of aromatic nitrogens is 3. The lowest BCUT2D eigenvalue weighted by Gasteiger charge is -2.07. The van der Waals surface area contributed by atoms with Gasteiger partial charge in [0.05, 0.1) is 18.6 Å². The summed E-state index contributed by atoms with van der Waals surface area (Å²) in [6.07, 6.45) is 1.51. The first kappa shape index (κ1) is 13.5. The number of sulfonamides is 1. The zero-order chi connectivity index (χ0) is 13.9. The molecule has 0 bridgehead atoms. The average molecular weight is 282 g/mol. The first-order chi connectivity index (χ1) is 9.03. The molecule has 8 heteroatoms. The maximum absolute atomic E-state index is 12.0. The number of ether oxygens (including phenoxy) is 1. The van der Waals surface area contributed by atoms with E-state index < -0.39 is 10.0 Å². The maximum Gasteiger partial charge on any atom is 0.240 e. The molecule has 0 saturated carbocycles. The van der Waals surface area contributed by atoms with Gasteiger partial charge in [0.25, 0.3) is 0 Å². The van der Waals surface area contributed by atoms with Crippen molar-refractivity contribution in [3.63, 3.8) is 0 Å². The van der Waals surface area contributed by atoms with Crippen molar-refractivity contribution in [2.75, 3.05) is 7.11 Å². The topological polar surface area (TPSA) is 86.1 Å². The molecule has 1 heterocycles. The molecule has 0 spiro atoms. The molecule has 0 aliphatic rings. The van der Waals surface area contributed by atoms with Crippen molar-refractivity contribution >= 4 is 10.0 Å². The largest absolute Gasteiger partial charge is 0.497 e. The minimum absolute atomic E-state index is 0.0882. The monoisotopic (exact) mass is 282 g/mol. The minimum atomic E-state index is -3.56. The van der Waals surface area contributed by atoms with Crippen LogP contribution in [-0.4, -0.2) is 30.3 Å². The Labute approximate surface area is 111 Å². The number of benzene rings is 1. The van der Waals surface area contributed by atoms with E-state index in [4.69, 9.17) is 4.74 Å². The van der Waals surface area contributed by atoms with Crippen LogP contribution in [0.5, 0.6) is 5.75 Å². The summed E-state index contributed by atoms with van der Waals surface area (Å²) in [5, 5.41) is 7.49. The van der Waals surface area contributed by atoms with Crippen LogP contribution < -0.4 is 9.46 Å². The summed E-state index contributed by atoms with van der Waals surface area (Å²) in [4.78, 5) is 0.176. The Balaban J connectivity index is 2.11. The highest BCUT2D eigenvalue weighted by molar-refractivity contribution is 7.89. The number of rotatable bonds is 5. The number of methoxy groups -OCH3 is 1. The van der Waals surface area contributed by atoms with Gasteiger partial charge in [0.1, 0.15) is 17.9 Å². The Morgan fingerprint density at radius 3 is 2.53 bits per heavy atom. The van der Waals surface area contributed by atoms with Gasteiger partial charge in [-0.15, -0.1) is 10.2 Å². The van der Waals surface area contributed by atoms with Gasteiger partial charge in [0.15, 0.2) is 0 Å². The van der Waals surface area contributed by atoms with Gasteiger partial charge in [-0.1, -0.05) is 0 Å². The van der Waals surface area contributed by atoms with Crippen LogP contribution >= 0.6 is 0 Å². The highest BCUT2D eigenvalue weighted by Gasteiger charge is 2.14. The van der Waals surface area contributed by atoms with Crippen molar-refractivity contribution in [3.8, 4) is 5.75 Å². The zero-order valence-corrected chi connectivity index (χ0v) is 11.4. The molecule has 2 rings (SSSR count). The fourth-order valence-corrected chi connectivity index (χ4v) is 2.45. The molecule has 0 fully saturated rings. The van der Waals surface area contributed by atoms with Gasteiger partial charge in [0, 0.05) is 7.05 Å². The van der Waals surface area contributed by atoms with Crippen molar-refractivity contribution in [2.24, 2.45) is 7.05 Å². The second-order valence-corrected chi connectivity index (χ2v) is 5.63. The van der Waals surface area contributed by atoms with E-state index >= 15 is 0 Å². The number of nitrogens with one attached hydrogen (secondary N) is 1. The average Bonchev–Trinajstić information content (AvgIpc) is 2.82. The molecular weight excluding hydrogens is 268 g/mol. The first-order valence-corrected chi connectivity index (χ1v) is 6.98. The molecular formula is C11H14N4O3S. The molecule has 1 aromatic heterocycles. The SMILES string of the molecule is COc1ccc(S(=O)(=O)NCc2nncn2C)cc1. The Morgan fingerprint density at radius 2 is 2.00 bits per heavy atom. The molecule has 1 N–H and O–H groups in total. The summed E-state index contributed by atoms with van der Waals surface area (Å²) in [7, 11) is -0.294. The second kappa shape index (κ2) is 5.37. The van der Waals surface area contributed by atoms with Crippen molar-refractivity contribution in [3.05, 3.63) is 36.4 Å². The molecule has 0 unspecified atom stereocenters. The summed E-state index contributed by atoms with van der Waals surface area (Å²) >= 11 is 0. The summed E-state index contributed by atoms with van der Waals surface area (Å²) in [6, 6.07) is 6.16. The first-order valence-electron chi connectivity index (χ1n) is 5.49. The standard InChI is InChI=1S/C11H14N4O3S/c1-15-8-12-14-11(15)7-13-19(16,17)10-5-3-9(18-2)4-6-10/h3-6,8,13H,7H2,1-2H3. The predicted octanol–water partition coefficient (Wildman–Crippen LogP) is 0.302. The summed E-state index contributed by atoms with van der Waals surface area (Å²) in [5.41, 5.74) is 0. The van der Waals surface area contributed by atoms with Crippen molar-refractivity contribution in [2.45, 2.75) is 11.4 Å². The van der Waals surface area contributed by atoms with E-state index in [0.717, 1.165) is 0 Å². The van der Waals surface area contributed by atoms with Crippen LogP contribution in [-0.2, 0) is 23.6 Å². The lowest BCUT2D eigenvalue weighted by Crippen LogP contribution is -2.24. The molecule has 102 valence electrons. The number of hydrogen-bond donors (Lipinski definition) is 1. The van der Waals surface area contributed by atoms with E-state index in [0.29, 0.717) is 11.6 Å². The predicted molar refractivity (Wildman–Crippen MR) is 68.0 cm³/mol. The highest BCUT2D eigenvalue weighted by Crippen LogP contribution is 2.15. The lowest BCUT2D eigenvalue weighted by atomic mass is 10.3. The molecule has 1 aromatic carbocycles. The van der Waals surface area contributed by atoms with E-state index in [9.17, 15) is 8.42 Å². The molecule has 0 aliphatic heterocycles. The zero-order valence-electron chi connectivity index (χ0n) is 10.6. The molecule has 0 saturated heterocycles. The number of aryl methyl sites for hydroxylation is 1. The fourth-order valence-electron chi connectivity index (χ4n) is 1.46.